The zero-order valence-electron chi connectivity index (χ0n) is 14.7. The lowest BCUT2D eigenvalue weighted by Crippen LogP contribution is -2.48. The number of nitrogens with two attached hydrogens (primary N) is 1. The number of phenolic OH excluding ortho intramolecular Hbond substituents is 1. The molecule has 0 aromatic heterocycles. The minimum absolute atomic E-state index is 0.0734. The molecular weight excluding hydrogens is 324 g/mol. The van der Waals surface area contributed by atoms with Crippen LogP contribution in [0.3, 0.4) is 0 Å². The third-order valence-electron chi connectivity index (χ3n) is 4.10. The molecule has 8 nitrogen and oxygen atoms in total. The van der Waals surface area contributed by atoms with Gasteiger partial charge in [0.1, 0.15) is 0 Å². The fourth-order valence-corrected chi connectivity index (χ4v) is 2.71. The summed E-state index contributed by atoms with van der Waals surface area (Å²) in [4.78, 5) is 17.6. The van der Waals surface area contributed by atoms with Crippen LogP contribution in [0.25, 0.3) is 0 Å². The van der Waals surface area contributed by atoms with E-state index in [0.29, 0.717) is 37.0 Å². The SMILES string of the molecule is CCOC(=O)N1CCC(NC(N)=NCc2cccc(OC)c2O)CC1. The van der Waals surface area contributed by atoms with E-state index in [1.807, 2.05) is 0 Å². The number of guanidine groups is 1. The molecule has 1 amide bonds. The predicted molar refractivity (Wildman–Crippen MR) is 94.7 cm³/mol. The van der Waals surface area contributed by atoms with Gasteiger partial charge in [0.25, 0.3) is 0 Å². The number of hydrogen-bond acceptors (Lipinski definition) is 5. The maximum Gasteiger partial charge on any atom is 0.409 e. The van der Waals surface area contributed by atoms with Crippen molar-refractivity contribution < 1.29 is 19.4 Å². The first-order valence-corrected chi connectivity index (χ1v) is 8.38. The fourth-order valence-electron chi connectivity index (χ4n) is 2.71. The van der Waals surface area contributed by atoms with Crippen molar-refractivity contribution in [3.05, 3.63) is 23.8 Å². The molecule has 1 aromatic carbocycles. The standard InChI is InChI=1S/C17H26N4O4/c1-3-25-17(23)21-9-7-13(8-10-21)20-16(18)19-11-12-5-4-6-14(24-2)15(12)22/h4-6,13,22H,3,7-11H2,1-2H3,(H3,18,19,20). The molecule has 1 fully saturated rings. The van der Waals surface area contributed by atoms with Crippen LogP contribution in [0.2, 0.25) is 0 Å². The van der Waals surface area contributed by atoms with E-state index in [0.717, 1.165) is 12.8 Å². The molecule has 1 saturated heterocycles. The summed E-state index contributed by atoms with van der Waals surface area (Å²) < 4.78 is 10.1. The van der Waals surface area contributed by atoms with Gasteiger partial charge in [-0.25, -0.2) is 9.79 Å². The molecule has 0 spiro atoms. The van der Waals surface area contributed by atoms with Gasteiger partial charge in [-0.2, -0.15) is 0 Å². The molecular formula is C17H26N4O4. The molecule has 0 atom stereocenters. The number of carbonyl (C=O) groups excluding carboxylic acids is 1. The second-order valence-electron chi connectivity index (χ2n) is 5.77. The maximum atomic E-state index is 11.7. The third-order valence-corrected chi connectivity index (χ3v) is 4.10. The molecule has 4 N–H and O–H groups in total. The van der Waals surface area contributed by atoms with Crippen LogP contribution in [0.1, 0.15) is 25.3 Å². The summed E-state index contributed by atoms with van der Waals surface area (Å²) in [5.41, 5.74) is 6.58. The molecule has 0 radical (unpaired) electrons. The first kappa shape index (κ1) is 18.7. The Labute approximate surface area is 147 Å². The highest BCUT2D eigenvalue weighted by Gasteiger charge is 2.23. The highest BCUT2D eigenvalue weighted by atomic mass is 16.6. The number of piperidine rings is 1. The zero-order chi connectivity index (χ0) is 18.2. The highest BCUT2D eigenvalue weighted by molar-refractivity contribution is 5.78. The number of ether oxygens (including phenoxy) is 2. The number of amides is 1. The molecule has 0 unspecified atom stereocenters. The van der Waals surface area contributed by atoms with Crippen molar-refractivity contribution in [1.29, 1.82) is 0 Å². The lowest BCUT2D eigenvalue weighted by Gasteiger charge is -2.31. The Kier molecular flexibility index (Phi) is 6.73. The van der Waals surface area contributed by atoms with Gasteiger partial charge in [-0.1, -0.05) is 12.1 Å². The number of methoxy groups -OCH3 is 1. The monoisotopic (exact) mass is 350 g/mol. The summed E-state index contributed by atoms with van der Waals surface area (Å²) in [6, 6.07) is 5.40. The van der Waals surface area contributed by atoms with Crippen molar-refractivity contribution in [3.8, 4) is 11.5 Å². The lowest BCUT2D eigenvalue weighted by atomic mass is 10.1. The van der Waals surface area contributed by atoms with E-state index >= 15 is 0 Å². The Bertz CT molecular complexity index is 613. The highest BCUT2D eigenvalue weighted by Crippen LogP contribution is 2.29. The maximum absolute atomic E-state index is 11.7. The molecule has 0 bridgehead atoms. The van der Waals surface area contributed by atoms with Crippen molar-refractivity contribution in [2.24, 2.45) is 10.7 Å². The smallest absolute Gasteiger partial charge is 0.409 e. The minimum atomic E-state index is -0.268. The number of benzene rings is 1. The van der Waals surface area contributed by atoms with Crippen LogP contribution >= 0.6 is 0 Å². The number of hydrogen-bond donors (Lipinski definition) is 3. The van der Waals surface area contributed by atoms with E-state index < -0.39 is 0 Å². The number of nitrogens with one attached hydrogen (secondary N) is 1. The van der Waals surface area contributed by atoms with Gasteiger partial charge in [-0.15, -0.1) is 0 Å². The predicted octanol–water partition coefficient (Wildman–Crippen LogP) is 1.43. The lowest BCUT2D eigenvalue weighted by molar-refractivity contribution is 0.0963. The van der Waals surface area contributed by atoms with E-state index in [1.54, 1.807) is 30.0 Å². The molecule has 1 aliphatic rings. The Morgan fingerprint density at radius 1 is 1.44 bits per heavy atom. The molecule has 25 heavy (non-hydrogen) atoms. The quantitative estimate of drug-likeness (QED) is 0.547. The molecule has 2 rings (SSSR count). The van der Waals surface area contributed by atoms with Gasteiger partial charge in [0, 0.05) is 24.7 Å². The number of aromatic hydroxyl groups is 1. The van der Waals surface area contributed by atoms with Crippen LogP contribution in [-0.4, -0.2) is 54.9 Å². The van der Waals surface area contributed by atoms with Gasteiger partial charge in [0.2, 0.25) is 0 Å². The fraction of sp³-hybridized carbons (Fsp3) is 0.529. The van der Waals surface area contributed by atoms with Crippen LogP contribution in [-0.2, 0) is 11.3 Å². The number of aliphatic imine (C=N–C) groups is 1. The van der Waals surface area contributed by atoms with Gasteiger partial charge >= 0.3 is 6.09 Å². The van der Waals surface area contributed by atoms with Gasteiger partial charge in [-0.3, -0.25) is 0 Å². The Balaban J connectivity index is 1.83. The summed E-state index contributed by atoms with van der Waals surface area (Å²) in [6.45, 7) is 3.68. The van der Waals surface area contributed by atoms with Crippen LogP contribution in [0.5, 0.6) is 11.5 Å². The second-order valence-corrected chi connectivity index (χ2v) is 5.77. The van der Waals surface area contributed by atoms with E-state index in [4.69, 9.17) is 15.2 Å². The molecule has 0 saturated carbocycles. The van der Waals surface area contributed by atoms with Crippen molar-refractivity contribution in [3.63, 3.8) is 0 Å². The Hall–Kier alpha value is -2.64. The summed E-state index contributed by atoms with van der Waals surface area (Å²) >= 11 is 0. The molecule has 1 aliphatic heterocycles. The minimum Gasteiger partial charge on any atom is -0.504 e. The third kappa shape index (κ3) is 5.17. The number of phenols is 1. The number of para-hydroxylation sites is 1. The molecule has 1 heterocycles. The number of nitrogens with zero attached hydrogens (tertiary/aromatic N) is 2. The molecule has 138 valence electrons. The number of likely N-dealkylation sites (tertiary alicyclic amines) is 1. The largest absolute Gasteiger partial charge is 0.504 e. The van der Waals surface area contributed by atoms with E-state index in [-0.39, 0.29) is 24.4 Å². The van der Waals surface area contributed by atoms with Crippen LogP contribution in [0.4, 0.5) is 4.79 Å². The van der Waals surface area contributed by atoms with E-state index in [1.165, 1.54) is 7.11 Å². The molecule has 0 aliphatic carbocycles. The Morgan fingerprint density at radius 2 is 2.16 bits per heavy atom. The first-order chi connectivity index (χ1) is 12.0. The molecule has 8 heteroatoms. The Morgan fingerprint density at radius 3 is 2.80 bits per heavy atom. The zero-order valence-corrected chi connectivity index (χ0v) is 14.7. The summed E-state index contributed by atoms with van der Waals surface area (Å²) in [5.74, 6) is 0.798. The number of rotatable bonds is 5. The van der Waals surface area contributed by atoms with Crippen LogP contribution < -0.4 is 15.8 Å². The number of carbonyl (C=O) groups is 1. The van der Waals surface area contributed by atoms with Crippen molar-refractivity contribution >= 4 is 12.1 Å². The topological polar surface area (TPSA) is 109 Å². The first-order valence-electron chi connectivity index (χ1n) is 8.38. The summed E-state index contributed by atoms with van der Waals surface area (Å²) in [5, 5.41) is 13.2. The van der Waals surface area contributed by atoms with E-state index in [2.05, 4.69) is 10.3 Å². The van der Waals surface area contributed by atoms with E-state index in [9.17, 15) is 9.90 Å². The van der Waals surface area contributed by atoms with Gasteiger partial charge in [0.05, 0.1) is 20.3 Å². The van der Waals surface area contributed by atoms with Crippen molar-refractivity contribution in [1.82, 2.24) is 10.2 Å². The van der Waals surface area contributed by atoms with Crippen molar-refractivity contribution in [2.45, 2.75) is 32.4 Å². The van der Waals surface area contributed by atoms with Crippen molar-refractivity contribution in [2.75, 3.05) is 26.8 Å². The molecule has 1 aromatic rings. The average Bonchev–Trinajstić information content (AvgIpc) is 2.61. The normalized spacial score (nSPS) is 15.8. The average molecular weight is 350 g/mol. The van der Waals surface area contributed by atoms with Gasteiger partial charge in [0.15, 0.2) is 17.5 Å². The van der Waals surface area contributed by atoms with Crippen LogP contribution in [0, 0.1) is 0 Å². The summed E-state index contributed by atoms with van der Waals surface area (Å²) in [7, 11) is 1.50. The van der Waals surface area contributed by atoms with Gasteiger partial charge < -0.3 is 30.5 Å². The van der Waals surface area contributed by atoms with Gasteiger partial charge in [-0.05, 0) is 25.8 Å². The second kappa shape index (κ2) is 9.00. The summed E-state index contributed by atoms with van der Waals surface area (Å²) in [6.07, 6.45) is 1.29. The van der Waals surface area contributed by atoms with Crippen LogP contribution in [0.15, 0.2) is 23.2 Å².